The maximum atomic E-state index is 5.89. The highest BCUT2D eigenvalue weighted by Crippen LogP contribution is 2.33. The van der Waals surface area contributed by atoms with Gasteiger partial charge in [-0.1, -0.05) is 36.4 Å². The summed E-state index contributed by atoms with van der Waals surface area (Å²) in [6.45, 7) is 3.08. The molecular formula is C16H17NO. The predicted octanol–water partition coefficient (Wildman–Crippen LogP) is 3.94. The van der Waals surface area contributed by atoms with Crippen LogP contribution in [0.3, 0.4) is 0 Å². The van der Waals surface area contributed by atoms with Crippen molar-refractivity contribution in [3.63, 3.8) is 0 Å². The molecule has 2 nitrogen and oxygen atoms in total. The molecule has 0 radical (unpaired) electrons. The smallest absolute Gasteiger partial charge is 0.142 e. The van der Waals surface area contributed by atoms with Gasteiger partial charge < -0.3 is 10.1 Å². The van der Waals surface area contributed by atoms with Crippen LogP contribution in [-0.4, -0.2) is 12.6 Å². The lowest BCUT2D eigenvalue weighted by Gasteiger charge is -2.12. The number of hydrogen-bond acceptors (Lipinski definition) is 2. The standard InChI is InChI=1S/C16H17NO/c1-12-9-10-17-15-11-14(7-8-16(15)18-12)13-5-3-2-4-6-13/h2-8,11-12,17H,9-10H2,1H3. The van der Waals surface area contributed by atoms with E-state index in [9.17, 15) is 0 Å². The molecule has 1 atom stereocenters. The van der Waals surface area contributed by atoms with E-state index < -0.39 is 0 Å². The molecule has 0 bridgehead atoms. The van der Waals surface area contributed by atoms with Gasteiger partial charge in [-0.15, -0.1) is 0 Å². The third-order valence-electron chi connectivity index (χ3n) is 3.28. The van der Waals surface area contributed by atoms with Gasteiger partial charge in [0.1, 0.15) is 5.75 Å². The molecule has 2 aromatic carbocycles. The quantitative estimate of drug-likeness (QED) is 0.814. The Morgan fingerprint density at radius 2 is 1.89 bits per heavy atom. The van der Waals surface area contributed by atoms with Crippen molar-refractivity contribution in [1.29, 1.82) is 0 Å². The maximum absolute atomic E-state index is 5.89. The number of benzene rings is 2. The van der Waals surface area contributed by atoms with Gasteiger partial charge in [-0.3, -0.25) is 0 Å². The van der Waals surface area contributed by atoms with Crippen LogP contribution in [0.5, 0.6) is 5.75 Å². The number of ether oxygens (including phenoxy) is 1. The van der Waals surface area contributed by atoms with Crippen LogP contribution in [0.4, 0.5) is 5.69 Å². The van der Waals surface area contributed by atoms with Crippen LogP contribution in [-0.2, 0) is 0 Å². The van der Waals surface area contributed by atoms with E-state index in [4.69, 9.17) is 4.74 Å². The van der Waals surface area contributed by atoms with Gasteiger partial charge >= 0.3 is 0 Å². The molecular weight excluding hydrogens is 222 g/mol. The second-order valence-corrected chi connectivity index (χ2v) is 4.72. The van der Waals surface area contributed by atoms with Crippen molar-refractivity contribution < 1.29 is 4.74 Å². The van der Waals surface area contributed by atoms with Crippen LogP contribution < -0.4 is 10.1 Å². The number of fused-ring (bicyclic) bond motifs is 1. The molecule has 0 saturated carbocycles. The van der Waals surface area contributed by atoms with Gasteiger partial charge in [-0.05, 0) is 30.2 Å². The predicted molar refractivity (Wildman–Crippen MR) is 75.1 cm³/mol. The number of anilines is 1. The second-order valence-electron chi connectivity index (χ2n) is 4.72. The first kappa shape index (κ1) is 11.1. The molecule has 1 N–H and O–H groups in total. The van der Waals surface area contributed by atoms with E-state index in [-0.39, 0.29) is 6.10 Å². The minimum atomic E-state index is 0.279. The summed E-state index contributed by atoms with van der Waals surface area (Å²) < 4.78 is 5.89. The van der Waals surface area contributed by atoms with Crippen molar-refractivity contribution >= 4 is 5.69 Å². The van der Waals surface area contributed by atoms with E-state index in [0.29, 0.717) is 0 Å². The molecule has 2 heteroatoms. The zero-order valence-electron chi connectivity index (χ0n) is 10.5. The Kier molecular flexibility index (Phi) is 2.93. The van der Waals surface area contributed by atoms with Crippen LogP contribution in [0.1, 0.15) is 13.3 Å². The summed E-state index contributed by atoms with van der Waals surface area (Å²) in [5, 5.41) is 3.44. The molecule has 0 aromatic heterocycles. The molecule has 0 spiro atoms. The van der Waals surface area contributed by atoms with Gasteiger partial charge in [-0.2, -0.15) is 0 Å². The molecule has 0 fully saturated rings. The summed E-state index contributed by atoms with van der Waals surface area (Å²) in [5.41, 5.74) is 3.56. The van der Waals surface area contributed by atoms with Gasteiger partial charge in [-0.25, -0.2) is 0 Å². The summed E-state index contributed by atoms with van der Waals surface area (Å²) in [7, 11) is 0. The molecule has 92 valence electrons. The Balaban J connectivity index is 1.98. The average Bonchev–Trinajstić information content (AvgIpc) is 2.59. The van der Waals surface area contributed by atoms with E-state index in [2.05, 4.69) is 54.7 Å². The van der Waals surface area contributed by atoms with Crippen LogP contribution in [0.15, 0.2) is 48.5 Å². The van der Waals surface area contributed by atoms with E-state index in [1.807, 2.05) is 6.07 Å². The van der Waals surface area contributed by atoms with Gasteiger partial charge in [0.25, 0.3) is 0 Å². The Morgan fingerprint density at radius 1 is 1.06 bits per heavy atom. The van der Waals surface area contributed by atoms with Crippen LogP contribution in [0, 0.1) is 0 Å². The van der Waals surface area contributed by atoms with E-state index >= 15 is 0 Å². The largest absolute Gasteiger partial charge is 0.488 e. The highest BCUT2D eigenvalue weighted by Gasteiger charge is 2.13. The fraction of sp³-hybridized carbons (Fsp3) is 0.250. The Labute approximate surface area is 108 Å². The Bertz CT molecular complexity index is 536. The first-order chi connectivity index (χ1) is 8.83. The zero-order valence-corrected chi connectivity index (χ0v) is 10.5. The van der Waals surface area contributed by atoms with Crippen LogP contribution in [0.2, 0.25) is 0 Å². The van der Waals surface area contributed by atoms with Crippen LogP contribution >= 0.6 is 0 Å². The molecule has 0 amide bonds. The molecule has 18 heavy (non-hydrogen) atoms. The second kappa shape index (κ2) is 4.73. The highest BCUT2D eigenvalue weighted by molar-refractivity contribution is 5.72. The normalized spacial score (nSPS) is 18.2. The molecule has 0 saturated heterocycles. The molecule has 1 heterocycles. The molecule has 3 rings (SSSR count). The van der Waals surface area contributed by atoms with Gasteiger partial charge in [0, 0.05) is 13.0 Å². The summed E-state index contributed by atoms with van der Waals surface area (Å²) in [5.74, 6) is 0.958. The number of nitrogens with one attached hydrogen (secondary N) is 1. The highest BCUT2D eigenvalue weighted by atomic mass is 16.5. The lowest BCUT2D eigenvalue weighted by Crippen LogP contribution is -2.11. The van der Waals surface area contributed by atoms with Crippen molar-refractivity contribution in [2.24, 2.45) is 0 Å². The van der Waals surface area contributed by atoms with Gasteiger partial charge in [0.15, 0.2) is 0 Å². The lowest BCUT2D eigenvalue weighted by atomic mass is 10.0. The average molecular weight is 239 g/mol. The third-order valence-corrected chi connectivity index (χ3v) is 3.28. The summed E-state index contributed by atoms with van der Waals surface area (Å²) in [6, 6.07) is 16.8. The first-order valence-corrected chi connectivity index (χ1v) is 6.43. The first-order valence-electron chi connectivity index (χ1n) is 6.43. The molecule has 1 aliphatic rings. The van der Waals surface area contributed by atoms with Crippen molar-refractivity contribution in [3.8, 4) is 16.9 Å². The summed E-state index contributed by atoms with van der Waals surface area (Å²) in [4.78, 5) is 0. The molecule has 1 aliphatic heterocycles. The topological polar surface area (TPSA) is 21.3 Å². The van der Waals surface area contributed by atoms with Crippen molar-refractivity contribution in [1.82, 2.24) is 0 Å². The minimum Gasteiger partial charge on any atom is -0.488 e. The zero-order chi connectivity index (χ0) is 12.4. The fourth-order valence-electron chi connectivity index (χ4n) is 2.27. The SMILES string of the molecule is CC1CCNc2cc(-c3ccccc3)ccc2O1. The molecule has 2 aromatic rings. The van der Waals surface area contributed by atoms with E-state index in [1.165, 1.54) is 11.1 Å². The van der Waals surface area contributed by atoms with Crippen molar-refractivity contribution in [2.45, 2.75) is 19.4 Å². The third kappa shape index (κ3) is 2.19. The Hall–Kier alpha value is -1.96. The number of hydrogen-bond donors (Lipinski definition) is 1. The van der Waals surface area contributed by atoms with Gasteiger partial charge in [0.2, 0.25) is 0 Å². The number of rotatable bonds is 1. The maximum Gasteiger partial charge on any atom is 0.142 e. The minimum absolute atomic E-state index is 0.279. The monoisotopic (exact) mass is 239 g/mol. The van der Waals surface area contributed by atoms with E-state index in [0.717, 1.165) is 24.4 Å². The van der Waals surface area contributed by atoms with Crippen molar-refractivity contribution in [2.75, 3.05) is 11.9 Å². The fourth-order valence-corrected chi connectivity index (χ4v) is 2.27. The van der Waals surface area contributed by atoms with Gasteiger partial charge in [0.05, 0.1) is 11.8 Å². The van der Waals surface area contributed by atoms with Crippen LogP contribution in [0.25, 0.3) is 11.1 Å². The van der Waals surface area contributed by atoms with E-state index in [1.54, 1.807) is 0 Å². The molecule has 0 aliphatic carbocycles. The van der Waals surface area contributed by atoms with Crippen molar-refractivity contribution in [3.05, 3.63) is 48.5 Å². The lowest BCUT2D eigenvalue weighted by molar-refractivity contribution is 0.222. The molecule has 1 unspecified atom stereocenters. The summed E-state index contributed by atoms with van der Waals surface area (Å²) in [6.07, 6.45) is 1.32. The Morgan fingerprint density at radius 3 is 2.72 bits per heavy atom. The summed E-state index contributed by atoms with van der Waals surface area (Å²) >= 11 is 0.